The fourth-order valence-electron chi connectivity index (χ4n) is 1.55. The van der Waals surface area contributed by atoms with Crippen molar-refractivity contribution in [2.24, 2.45) is 0 Å². The molecule has 1 aliphatic heterocycles. The van der Waals surface area contributed by atoms with Gasteiger partial charge in [-0.2, -0.15) is 0 Å². The van der Waals surface area contributed by atoms with E-state index in [2.05, 4.69) is 11.9 Å². The van der Waals surface area contributed by atoms with Crippen molar-refractivity contribution in [2.75, 3.05) is 20.1 Å². The molecule has 2 N–H and O–H groups in total. The second-order valence-electron chi connectivity index (χ2n) is 3.25. The molecule has 0 aromatic heterocycles. The van der Waals surface area contributed by atoms with E-state index in [4.69, 9.17) is 5.11 Å². The molecule has 1 aliphatic rings. The summed E-state index contributed by atoms with van der Waals surface area (Å²) in [6.07, 6.45) is 2.11. The maximum Gasteiger partial charge on any atom is 0.247 e. The smallest absolute Gasteiger partial charge is 0.247 e. The normalized spacial score (nSPS) is 18.7. The van der Waals surface area contributed by atoms with Crippen molar-refractivity contribution in [1.82, 2.24) is 10.2 Å². The van der Waals surface area contributed by atoms with Crippen LogP contribution >= 0.6 is 0 Å². The number of aliphatic hydroxyl groups is 1. The predicted octanol–water partition coefficient (Wildman–Crippen LogP) is 0.268. The van der Waals surface area contributed by atoms with Gasteiger partial charge in [0.2, 0.25) is 5.91 Å². The van der Waals surface area contributed by atoms with Gasteiger partial charge in [-0.3, -0.25) is 4.79 Å². The lowest BCUT2D eigenvalue weighted by atomic mass is 10.2. The summed E-state index contributed by atoms with van der Waals surface area (Å²) in [6, 6.07) is -0.641. The summed E-state index contributed by atoms with van der Waals surface area (Å²) < 4.78 is 0. The van der Waals surface area contributed by atoms with Gasteiger partial charge >= 0.3 is 0 Å². The molecule has 1 amide bonds. The summed E-state index contributed by atoms with van der Waals surface area (Å²) in [5, 5.41) is 11.9. The average Bonchev–Trinajstić information content (AvgIpc) is 2.56. The Balaban J connectivity index is 2.57. The highest BCUT2D eigenvalue weighted by Crippen LogP contribution is 2.10. The van der Waals surface area contributed by atoms with E-state index in [1.807, 2.05) is 0 Å². The molecule has 0 bridgehead atoms. The molecule has 0 saturated carbocycles. The molecule has 1 saturated heterocycles. The second kappa shape index (κ2) is 4.28. The molecule has 1 heterocycles. The van der Waals surface area contributed by atoms with Crippen molar-refractivity contribution in [3.63, 3.8) is 0 Å². The quantitative estimate of drug-likeness (QED) is 0.619. The molecular weight excluding hydrogens is 168 g/mol. The van der Waals surface area contributed by atoms with E-state index < -0.39 is 6.04 Å². The zero-order valence-electron chi connectivity index (χ0n) is 7.92. The lowest BCUT2D eigenvalue weighted by Gasteiger charge is -2.21. The van der Waals surface area contributed by atoms with Gasteiger partial charge in [-0.1, -0.05) is 6.58 Å². The monoisotopic (exact) mass is 184 g/mol. The van der Waals surface area contributed by atoms with Crippen molar-refractivity contribution in [3.8, 4) is 0 Å². The van der Waals surface area contributed by atoms with Gasteiger partial charge in [-0.25, -0.2) is 0 Å². The molecule has 0 radical (unpaired) electrons. The minimum atomic E-state index is -0.641. The van der Waals surface area contributed by atoms with Crippen LogP contribution in [0.15, 0.2) is 12.3 Å². The van der Waals surface area contributed by atoms with Gasteiger partial charge < -0.3 is 15.3 Å². The van der Waals surface area contributed by atoms with Crippen LogP contribution in [0.5, 0.6) is 0 Å². The van der Waals surface area contributed by atoms with Gasteiger partial charge in [0.1, 0.15) is 11.8 Å². The fourth-order valence-corrected chi connectivity index (χ4v) is 1.55. The van der Waals surface area contributed by atoms with Crippen LogP contribution in [0.4, 0.5) is 0 Å². The standard InChI is InChI=1S/C9H16N2O2/c1-7(12)8(10-2)9(13)11-5-3-4-6-11/h8,10,12H,1,3-6H2,2H3/t8-/m0/s1. The van der Waals surface area contributed by atoms with Gasteiger partial charge in [0.25, 0.3) is 0 Å². The van der Waals surface area contributed by atoms with E-state index in [1.54, 1.807) is 11.9 Å². The number of rotatable bonds is 3. The summed E-state index contributed by atoms with van der Waals surface area (Å²) in [5.74, 6) is -0.188. The summed E-state index contributed by atoms with van der Waals surface area (Å²) in [6.45, 7) is 4.96. The van der Waals surface area contributed by atoms with Crippen LogP contribution in [-0.2, 0) is 4.79 Å². The Labute approximate surface area is 78.2 Å². The lowest BCUT2D eigenvalue weighted by molar-refractivity contribution is -0.131. The topological polar surface area (TPSA) is 52.6 Å². The van der Waals surface area contributed by atoms with Crippen molar-refractivity contribution in [2.45, 2.75) is 18.9 Å². The third kappa shape index (κ3) is 2.21. The third-order valence-electron chi connectivity index (χ3n) is 2.29. The van der Waals surface area contributed by atoms with E-state index in [0.29, 0.717) is 0 Å². The first-order valence-electron chi connectivity index (χ1n) is 4.50. The molecule has 1 rings (SSSR count). The molecule has 4 heteroatoms. The molecule has 0 aromatic rings. The van der Waals surface area contributed by atoms with Crippen LogP contribution < -0.4 is 5.32 Å². The summed E-state index contributed by atoms with van der Waals surface area (Å²) in [4.78, 5) is 13.4. The molecular formula is C9H16N2O2. The number of nitrogens with one attached hydrogen (secondary N) is 1. The largest absolute Gasteiger partial charge is 0.511 e. The van der Waals surface area contributed by atoms with Gasteiger partial charge in [0, 0.05) is 13.1 Å². The molecule has 0 spiro atoms. The Morgan fingerprint density at radius 1 is 1.54 bits per heavy atom. The Morgan fingerprint density at radius 3 is 2.46 bits per heavy atom. The highest BCUT2D eigenvalue weighted by atomic mass is 16.3. The van der Waals surface area contributed by atoms with Crippen molar-refractivity contribution < 1.29 is 9.90 Å². The van der Waals surface area contributed by atoms with Gasteiger partial charge in [0.05, 0.1) is 0 Å². The first kappa shape index (κ1) is 10.1. The minimum Gasteiger partial charge on any atom is -0.511 e. The fraction of sp³-hybridized carbons (Fsp3) is 0.667. The van der Waals surface area contributed by atoms with E-state index >= 15 is 0 Å². The molecule has 74 valence electrons. The van der Waals surface area contributed by atoms with Crippen molar-refractivity contribution in [1.29, 1.82) is 0 Å². The van der Waals surface area contributed by atoms with Crippen LogP contribution in [0.3, 0.4) is 0 Å². The molecule has 4 nitrogen and oxygen atoms in total. The number of amides is 1. The zero-order chi connectivity index (χ0) is 9.84. The zero-order valence-corrected chi connectivity index (χ0v) is 7.92. The molecule has 1 atom stereocenters. The average molecular weight is 184 g/mol. The highest BCUT2D eigenvalue weighted by molar-refractivity contribution is 5.84. The number of carbonyl (C=O) groups is 1. The Bertz CT molecular complexity index is 210. The highest BCUT2D eigenvalue weighted by Gasteiger charge is 2.26. The molecule has 0 aromatic carbocycles. The second-order valence-corrected chi connectivity index (χ2v) is 3.25. The number of hydrogen-bond acceptors (Lipinski definition) is 3. The predicted molar refractivity (Wildman–Crippen MR) is 50.4 cm³/mol. The SMILES string of the molecule is C=C(O)[C@H](NC)C(=O)N1CCCC1. The summed E-state index contributed by atoms with van der Waals surface area (Å²) in [7, 11) is 1.64. The summed E-state index contributed by atoms with van der Waals surface area (Å²) >= 11 is 0. The Morgan fingerprint density at radius 2 is 2.08 bits per heavy atom. The number of carbonyl (C=O) groups excluding carboxylic acids is 1. The van der Waals surface area contributed by atoms with Crippen LogP contribution in [0.1, 0.15) is 12.8 Å². The van der Waals surface area contributed by atoms with Crippen LogP contribution in [0.2, 0.25) is 0 Å². The van der Waals surface area contributed by atoms with Gasteiger partial charge in [0.15, 0.2) is 0 Å². The number of hydrogen-bond donors (Lipinski definition) is 2. The number of nitrogens with zero attached hydrogens (tertiary/aromatic N) is 1. The Kier molecular flexibility index (Phi) is 3.31. The number of aliphatic hydroxyl groups excluding tert-OH is 1. The van der Waals surface area contributed by atoms with E-state index in [-0.39, 0.29) is 11.7 Å². The lowest BCUT2D eigenvalue weighted by Crippen LogP contribution is -2.45. The van der Waals surface area contributed by atoms with Crippen molar-refractivity contribution >= 4 is 5.91 Å². The molecule has 13 heavy (non-hydrogen) atoms. The Hall–Kier alpha value is -1.03. The number of likely N-dealkylation sites (N-methyl/N-ethyl adjacent to an activating group) is 1. The summed E-state index contributed by atoms with van der Waals surface area (Å²) in [5.41, 5.74) is 0. The van der Waals surface area contributed by atoms with Crippen molar-refractivity contribution in [3.05, 3.63) is 12.3 Å². The van der Waals surface area contributed by atoms with Gasteiger partial charge in [-0.05, 0) is 19.9 Å². The van der Waals surface area contributed by atoms with Crippen LogP contribution in [-0.4, -0.2) is 42.1 Å². The van der Waals surface area contributed by atoms with Gasteiger partial charge in [-0.15, -0.1) is 0 Å². The van der Waals surface area contributed by atoms with Crippen LogP contribution in [0, 0.1) is 0 Å². The van der Waals surface area contributed by atoms with E-state index in [1.165, 1.54) is 0 Å². The van der Waals surface area contributed by atoms with Crippen LogP contribution in [0.25, 0.3) is 0 Å². The van der Waals surface area contributed by atoms with E-state index in [9.17, 15) is 4.79 Å². The molecule has 0 unspecified atom stereocenters. The maximum absolute atomic E-state index is 11.7. The number of likely N-dealkylation sites (tertiary alicyclic amines) is 1. The molecule has 1 fully saturated rings. The maximum atomic E-state index is 11.7. The third-order valence-corrected chi connectivity index (χ3v) is 2.29. The first-order valence-corrected chi connectivity index (χ1v) is 4.50. The van der Waals surface area contributed by atoms with E-state index in [0.717, 1.165) is 25.9 Å². The molecule has 0 aliphatic carbocycles. The first-order chi connectivity index (χ1) is 6.16. The minimum absolute atomic E-state index is 0.0764.